The lowest BCUT2D eigenvalue weighted by atomic mass is 9.77. The van der Waals surface area contributed by atoms with Crippen molar-refractivity contribution in [2.45, 2.75) is 11.7 Å². The second-order valence-corrected chi connectivity index (χ2v) is 8.74. The molecule has 0 bridgehead atoms. The lowest BCUT2D eigenvalue weighted by molar-refractivity contribution is -0.127. The van der Waals surface area contributed by atoms with Crippen LogP contribution in [0, 0.1) is 17.7 Å². The summed E-state index contributed by atoms with van der Waals surface area (Å²) in [4.78, 5) is 55.9. The van der Waals surface area contributed by atoms with E-state index in [-0.39, 0.29) is 11.1 Å². The summed E-state index contributed by atoms with van der Waals surface area (Å²) in [5.41, 5.74) is -1.18. The maximum atomic E-state index is 13.8. The van der Waals surface area contributed by atoms with Crippen molar-refractivity contribution in [3.8, 4) is 5.75 Å². The zero-order chi connectivity index (χ0) is 24.5. The van der Waals surface area contributed by atoms with Gasteiger partial charge in [-0.05, 0) is 42.0 Å². The molecule has 3 aromatic carbocycles. The molecule has 2 amide bonds. The highest BCUT2D eigenvalue weighted by molar-refractivity contribution is 6.37. The van der Waals surface area contributed by atoms with Crippen LogP contribution in [-0.2, 0) is 14.3 Å². The molecular formula is C27H18FNO6. The number of hydrogen-bond acceptors (Lipinski definition) is 6. The molecule has 0 saturated carbocycles. The Hall–Kier alpha value is -4.17. The van der Waals surface area contributed by atoms with E-state index < -0.39 is 52.7 Å². The van der Waals surface area contributed by atoms with Crippen LogP contribution in [-0.4, -0.2) is 36.1 Å². The molecule has 0 unspecified atom stereocenters. The van der Waals surface area contributed by atoms with Crippen LogP contribution in [0.3, 0.4) is 0 Å². The first kappa shape index (κ1) is 21.4. The molecule has 3 aromatic rings. The number of imide groups is 1. The van der Waals surface area contributed by atoms with Crippen LogP contribution < -0.4 is 9.64 Å². The Balaban J connectivity index is 1.52. The fourth-order valence-electron chi connectivity index (χ4n) is 5.46. The van der Waals surface area contributed by atoms with Gasteiger partial charge in [-0.3, -0.25) is 19.2 Å². The Morgan fingerprint density at radius 2 is 1.43 bits per heavy atom. The van der Waals surface area contributed by atoms with Gasteiger partial charge in [-0.25, -0.2) is 9.29 Å². The fourth-order valence-corrected chi connectivity index (χ4v) is 5.46. The third kappa shape index (κ3) is 2.74. The minimum atomic E-state index is -2.17. The average molecular weight is 471 g/mol. The van der Waals surface area contributed by atoms with Crippen molar-refractivity contribution in [1.29, 1.82) is 0 Å². The molecule has 3 atom stereocenters. The average Bonchev–Trinajstić information content (AvgIpc) is 3.44. The summed E-state index contributed by atoms with van der Waals surface area (Å²) < 4.78 is 25.0. The van der Waals surface area contributed by atoms with Gasteiger partial charge in [0, 0.05) is 11.1 Å². The fraction of sp³-hybridized carbons (Fsp3) is 0.185. The zero-order valence-electron chi connectivity index (χ0n) is 18.4. The Kier molecular flexibility index (Phi) is 4.53. The van der Waals surface area contributed by atoms with Crippen molar-refractivity contribution >= 4 is 29.1 Å². The van der Waals surface area contributed by atoms with Crippen LogP contribution in [0.4, 0.5) is 10.1 Å². The standard InChI is InChI=1S/C27H18FNO6/c1-34-17-12-10-16(11-13-17)29-25(32)20-21(26(29)33)27(35-22(20)14-6-8-15(28)9-7-14)23(30)18-4-2-3-5-19(18)24(27)31/h2-13,20-22H,1H3/t20-,21+,22-/m0/s1. The highest BCUT2D eigenvalue weighted by Crippen LogP contribution is 2.57. The van der Waals surface area contributed by atoms with Gasteiger partial charge in [-0.15, -0.1) is 0 Å². The summed E-state index contributed by atoms with van der Waals surface area (Å²) in [5.74, 6) is -5.03. The number of nitrogens with zero attached hydrogens (tertiary/aromatic N) is 1. The van der Waals surface area contributed by atoms with Crippen molar-refractivity contribution in [2.24, 2.45) is 11.8 Å². The molecule has 1 spiro atoms. The topological polar surface area (TPSA) is 90.0 Å². The normalized spacial score (nSPS) is 24.3. The smallest absolute Gasteiger partial charge is 0.241 e. The molecule has 0 aromatic heterocycles. The monoisotopic (exact) mass is 471 g/mol. The van der Waals surface area contributed by atoms with Gasteiger partial charge in [0.15, 0.2) is 0 Å². The van der Waals surface area contributed by atoms with Gasteiger partial charge in [-0.2, -0.15) is 0 Å². The van der Waals surface area contributed by atoms with Crippen LogP contribution in [0.1, 0.15) is 32.4 Å². The van der Waals surface area contributed by atoms with Gasteiger partial charge in [0.1, 0.15) is 11.6 Å². The third-order valence-electron chi connectivity index (χ3n) is 7.05. The van der Waals surface area contributed by atoms with E-state index in [1.165, 1.54) is 43.5 Å². The van der Waals surface area contributed by atoms with Crippen molar-refractivity contribution in [2.75, 3.05) is 12.0 Å². The summed E-state index contributed by atoms with van der Waals surface area (Å²) >= 11 is 0. The molecule has 2 aliphatic heterocycles. The van der Waals surface area contributed by atoms with Gasteiger partial charge in [0.05, 0.1) is 30.7 Å². The van der Waals surface area contributed by atoms with Crippen molar-refractivity contribution < 1.29 is 33.0 Å². The quantitative estimate of drug-likeness (QED) is 0.429. The first-order chi connectivity index (χ1) is 16.9. The highest BCUT2D eigenvalue weighted by Gasteiger charge is 2.74. The Morgan fingerprint density at radius 3 is 2.00 bits per heavy atom. The van der Waals surface area contributed by atoms with E-state index >= 15 is 0 Å². The van der Waals surface area contributed by atoms with Crippen molar-refractivity contribution in [1.82, 2.24) is 0 Å². The van der Waals surface area contributed by atoms with E-state index in [0.717, 1.165) is 4.90 Å². The summed E-state index contributed by atoms with van der Waals surface area (Å²) in [6.45, 7) is 0. The highest BCUT2D eigenvalue weighted by atomic mass is 19.1. The van der Waals surface area contributed by atoms with Crippen LogP contribution in [0.5, 0.6) is 5.75 Å². The molecule has 0 radical (unpaired) electrons. The van der Waals surface area contributed by atoms with Gasteiger partial charge < -0.3 is 9.47 Å². The predicted octanol–water partition coefficient (Wildman–Crippen LogP) is 3.53. The number of ether oxygens (including phenoxy) is 2. The lowest BCUT2D eigenvalue weighted by Gasteiger charge is -2.27. The third-order valence-corrected chi connectivity index (χ3v) is 7.05. The second-order valence-electron chi connectivity index (χ2n) is 8.74. The van der Waals surface area contributed by atoms with Gasteiger partial charge in [0.25, 0.3) is 0 Å². The number of Topliss-reactive ketones (excluding diaryl/α,β-unsaturated/α-hetero) is 2. The lowest BCUT2D eigenvalue weighted by Crippen LogP contribution is -2.51. The second kappa shape index (κ2) is 7.41. The van der Waals surface area contributed by atoms with Crippen LogP contribution >= 0.6 is 0 Å². The van der Waals surface area contributed by atoms with Crippen LogP contribution in [0.2, 0.25) is 0 Å². The number of fused-ring (bicyclic) bond motifs is 3. The van der Waals surface area contributed by atoms with E-state index in [4.69, 9.17) is 9.47 Å². The number of rotatable bonds is 3. The molecule has 35 heavy (non-hydrogen) atoms. The van der Waals surface area contributed by atoms with Gasteiger partial charge in [-0.1, -0.05) is 36.4 Å². The number of halogens is 1. The summed E-state index contributed by atoms with van der Waals surface area (Å²) in [6.07, 6.45) is -1.09. The van der Waals surface area contributed by atoms with E-state index in [2.05, 4.69) is 0 Å². The maximum absolute atomic E-state index is 13.8. The molecule has 2 saturated heterocycles. The largest absolute Gasteiger partial charge is 0.497 e. The molecule has 1 aliphatic carbocycles. The Bertz CT molecular complexity index is 1380. The van der Waals surface area contributed by atoms with E-state index in [1.807, 2.05) is 0 Å². The van der Waals surface area contributed by atoms with E-state index in [1.54, 1.807) is 36.4 Å². The van der Waals surface area contributed by atoms with E-state index in [0.29, 0.717) is 17.0 Å². The number of methoxy groups -OCH3 is 1. The molecule has 174 valence electrons. The van der Waals surface area contributed by atoms with Crippen molar-refractivity contribution in [3.05, 3.63) is 95.3 Å². The molecule has 7 nitrogen and oxygen atoms in total. The number of amides is 2. The number of carbonyl (C=O) groups excluding carboxylic acids is 4. The van der Waals surface area contributed by atoms with Crippen LogP contribution in [0.15, 0.2) is 72.8 Å². The van der Waals surface area contributed by atoms with E-state index in [9.17, 15) is 23.6 Å². The molecule has 8 heteroatoms. The molecule has 2 fully saturated rings. The predicted molar refractivity (Wildman–Crippen MR) is 121 cm³/mol. The minimum Gasteiger partial charge on any atom is -0.497 e. The number of benzene rings is 3. The SMILES string of the molecule is COc1ccc(N2C(=O)[C@@H]3[C@H](c4ccc(F)cc4)OC4(C(=O)c5ccccc5C4=O)[C@H]3C2=O)cc1. The van der Waals surface area contributed by atoms with Gasteiger partial charge in [0.2, 0.25) is 29.0 Å². The Morgan fingerprint density at radius 1 is 0.829 bits per heavy atom. The first-order valence-corrected chi connectivity index (χ1v) is 11.0. The summed E-state index contributed by atoms with van der Waals surface area (Å²) in [5, 5.41) is 0. The molecule has 6 rings (SSSR count). The maximum Gasteiger partial charge on any atom is 0.241 e. The van der Waals surface area contributed by atoms with Gasteiger partial charge >= 0.3 is 0 Å². The van der Waals surface area contributed by atoms with Crippen LogP contribution in [0.25, 0.3) is 0 Å². The Labute approximate surface area is 199 Å². The first-order valence-electron chi connectivity index (χ1n) is 11.0. The number of anilines is 1. The molecule has 3 aliphatic rings. The molecule has 0 N–H and O–H groups in total. The summed E-state index contributed by atoms with van der Waals surface area (Å²) in [6, 6.07) is 17.9. The zero-order valence-corrected chi connectivity index (χ0v) is 18.4. The van der Waals surface area contributed by atoms with Crippen molar-refractivity contribution in [3.63, 3.8) is 0 Å². The molecule has 2 heterocycles. The molecular weight excluding hydrogens is 453 g/mol. The number of ketones is 2. The number of hydrogen-bond donors (Lipinski definition) is 0. The number of carbonyl (C=O) groups is 4. The summed E-state index contributed by atoms with van der Waals surface area (Å²) in [7, 11) is 1.49. The minimum absolute atomic E-state index is 0.152.